The number of aliphatic imine (C=N–C) groups is 1. The van der Waals surface area contributed by atoms with E-state index < -0.39 is 0 Å². The third-order valence-corrected chi connectivity index (χ3v) is 2.84. The molecule has 112 valence electrons. The van der Waals surface area contributed by atoms with Crippen molar-refractivity contribution in [3.05, 3.63) is 23.8 Å². The van der Waals surface area contributed by atoms with Gasteiger partial charge in [0.25, 0.3) is 0 Å². The maximum atomic E-state index is 5.26. The quantitative estimate of drug-likeness (QED) is 0.710. The number of hydrogen-bond donors (Lipinski definition) is 3. The molecule has 1 aliphatic rings. The first-order valence-corrected chi connectivity index (χ1v) is 6.31. The molecule has 6 nitrogen and oxygen atoms in total. The van der Waals surface area contributed by atoms with E-state index in [-0.39, 0.29) is 12.4 Å². The second-order valence-corrected chi connectivity index (χ2v) is 4.18. The van der Waals surface area contributed by atoms with Crippen molar-refractivity contribution in [3.63, 3.8) is 0 Å². The van der Waals surface area contributed by atoms with Crippen molar-refractivity contribution < 1.29 is 9.47 Å². The largest absolute Gasteiger partial charge is 0.493 e. The van der Waals surface area contributed by atoms with E-state index in [4.69, 9.17) is 9.47 Å². The summed E-state index contributed by atoms with van der Waals surface area (Å²) in [5, 5.41) is 3.18. The summed E-state index contributed by atoms with van der Waals surface area (Å²) < 4.78 is 10.5. The first-order chi connectivity index (χ1) is 9.33. The molecular weight excluding hydrogens is 280 g/mol. The molecule has 0 bridgehead atoms. The molecule has 1 heterocycles. The molecule has 20 heavy (non-hydrogen) atoms. The summed E-state index contributed by atoms with van der Waals surface area (Å²) in [7, 11) is 3.26. The molecule has 0 aliphatic carbocycles. The lowest BCUT2D eigenvalue weighted by Crippen LogP contribution is -2.47. The van der Waals surface area contributed by atoms with E-state index in [0.717, 1.165) is 42.5 Å². The molecule has 0 radical (unpaired) electrons. The first kappa shape index (κ1) is 16.4. The third kappa shape index (κ3) is 4.47. The minimum atomic E-state index is 0. The van der Waals surface area contributed by atoms with Crippen LogP contribution in [0.15, 0.2) is 23.2 Å². The highest BCUT2D eigenvalue weighted by molar-refractivity contribution is 5.85. The smallest absolute Gasteiger partial charge is 0.205 e. The molecule has 0 unspecified atom stereocenters. The average Bonchev–Trinajstić information content (AvgIpc) is 2.48. The summed E-state index contributed by atoms with van der Waals surface area (Å²) >= 11 is 0. The predicted octanol–water partition coefficient (Wildman–Crippen LogP) is 1.07. The number of benzene rings is 1. The van der Waals surface area contributed by atoms with E-state index in [1.807, 2.05) is 18.2 Å². The Morgan fingerprint density at radius 2 is 2.05 bits per heavy atom. The SMILES string of the molecule is COc1ccc(CNNC2=NCCCN2)cc1OC.Cl. The number of rotatable bonds is 5. The lowest BCUT2D eigenvalue weighted by Gasteiger charge is -2.16. The van der Waals surface area contributed by atoms with E-state index in [9.17, 15) is 0 Å². The lowest BCUT2D eigenvalue weighted by atomic mass is 10.2. The van der Waals surface area contributed by atoms with Gasteiger partial charge in [-0.2, -0.15) is 0 Å². The highest BCUT2D eigenvalue weighted by Crippen LogP contribution is 2.27. The minimum absolute atomic E-state index is 0. The lowest BCUT2D eigenvalue weighted by molar-refractivity contribution is 0.354. The molecule has 2 rings (SSSR count). The van der Waals surface area contributed by atoms with E-state index in [1.165, 1.54) is 0 Å². The van der Waals surface area contributed by atoms with Crippen molar-refractivity contribution in [3.8, 4) is 11.5 Å². The van der Waals surface area contributed by atoms with Gasteiger partial charge in [0.1, 0.15) is 0 Å². The zero-order valence-corrected chi connectivity index (χ0v) is 12.5. The van der Waals surface area contributed by atoms with Crippen molar-refractivity contribution >= 4 is 18.4 Å². The Balaban J connectivity index is 0.00000200. The predicted molar refractivity (Wildman–Crippen MR) is 81.7 cm³/mol. The van der Waals surface area contributed by atoms with Crippen LogP contribution in [0.25, 0.3) is 0 Å². The summed E-state index contributed by atoms with van der Waals surface area (Å²) in [6.45, 7) is 2.50. The second-order valence-electron chi connectivity index (χ2n) is 4.18. The van der Waals surface area contributed by atoms with Gasteiger partial charge in [0.2, 0.25) is 5.96 Å². The highest BCUT2D eigenvalue weighted by Gasteiger charge is 2.05. The zero-order valence-electron chi connectivity index (χ0n) is 11.7. The van der Waals surface area contributed by atoms with Crippen molar-refractivity contribution in [1.82, 2.24) is 16.2 Å². The van der Waals surface area contributed by atoms with Crippen molar-refractivity contribution in [1.29, 1.82) is 0 Å². The Morgan fingerprint density at radius 1 is 1.25 bits per heavy atom. The van der Waals surface area contributed by atoms with Crippen LogP contribution in [0.1, 0.15) is 12.0 Å². The number of ether oxygens (including phenoxy) is 2. The van der Waals surface area contributed by atoms with Gasteiger partial charge in [-0.3, -0.25) is 10.4 Å². The van der Waals surface area contributed by atoms with Gasteiger partial charge in [-0.1, -0.05) is 6.07 Å². The molecule has 1 aromatic carbocycles. The van der Waals surface area contributed by atoms with Gasteiger partial charge in [-0.05, 0) is 24.1 Å². The molecule has 0 aromatic heterocycles. The van der Waals surface area contributed by atoms with Crippen molar-refractivity contribution in [2.75, 3.05) is 27.3 Å². The number of halogens is 1. The molecule has 1 aromatic rings. The first-order valence-electron chi connectivity index (χ1n) is 6.31. The summed E-state index contributed by atoms with van der Waals surface area (Å²) in [6.07, 6.45) is 1.08. The normalized spacial score (nSPS) is 13.6. The van der Waals surface area contributed by atoms with Crippen LogP contribution in [0.5, 0.6) is 11.5 Å². The minimum Gasteiger partial charge on any atom is -0.493 e. The van der Waals surface area contributed by atoms with Crippen LogP contribution in [0.2, 0.25) is 0 Å². The van der Waals surface area contributed by atoms with Gasteiger partial charge in [0.15, 0.2) is 11.5 Å². The molecule has 0 amide bonds. The second kappa shape index (κ2) is 8.50. The highest BCUT2D eigenvalue weighted by atomic mass is 35.5. The summed E-state index contributed by atoms with van der Waals surface area (Å²) in [6, 6.07) is 5.84. The fraction of sp³-hybridized carbons (Fsp3) is 0.462. The molecule has 1 aliphatic heterocycles. The van der Waals surface area contributed by atoms with Gasteiger partial charge in [-0.25, -0.2) is 5.43 Å². The molecule has 3 N–H and O–H groups in total. The Kier molecular flexibility index (Phi) is 6.97. The standard InChI is InChI=1S/C13H20N4O2.ClH/c1-18-11-5-4-10(8-12(11)19-2)9-16-17-13-14-6-3-7-15-13;/h4-5,8,16H,3,6-7,9H2,1-2H3,(H2,14,15,17);1H. The fourth-order valence-electron chi connectivity index (χ4n) is 1.84. The number of methoxy groups -OCH3 is 2. The number of hydrazine groups is 1. The zero-order chi connectivity index (χ0) is 13.5. The maximum Gasteiger partial charge on any atom is 0.205 e. The number of guanidine groups is 1. The van der Waals surface area contributed by atoms with Gasteiger partial charge in [0, 0.05) is 19.6 Å². The molecule has 0 atom stereocenters. The number of nitrogens with zero attached hydrogens (tertiary/aromatic N) is 1. The maximum absolute atomic E-state index is 5.26. The molecular formula is C13H21ClN4O2. The summed E-state index contributed by atoms with van der Waals surface area (Å²) in [5.41, 5.74) is 7.27. The Bertz CT molecular complexity index is 454. The molecule has 7 heteroatoms. The van der Waals surface area contributed by atoms with E-state index in [2.05, 4.69) is 21.2 Å². The van der Waals surface area contributed by atoms with E-state index >= 15 is 0 Å². The Labute approximate surface area is 125 Å². The summed E-state index contributed by atoms with van der Waals surface area (Å²) in [4.78, 5) is 4.31. The molecule has 0 saturated heterocycles. The van der Waals surface area contributed by atoms with Crippen LogP contribution in [-0.2, 0) is 6.54 Å². The van der Waals surface area contributed by atoms with Gasteiger partial charge in [-0.15, -0.1) is 12.4 Å². The van der Waals surface area contributed by atoms with E-state index in [1.54, 1.807) is 14.2 Å². The van der Waals surface area contributed by atoms with Crippen LogP contribution >= 0.6 is 12.4 Å². The Morgan fingerprint density at radius 3 is 2.70 bits per heavy atom. The fourth-order valence-corrected chi connectivity index (χ4v) is 1.84. The molecule has 0 fully saturated rings. The van der Waals surface area contributed by atoms with Gasteiger partial charge >= 0.3 is 0 Å². The van der Waals surface area contributed by atoms with Gasteiger partial charge < -0.3 is 14.8 Å². The average molecular weight is 301 g/mol. The van der Waals surface area contributed by atoms with Crippen molar-refractivity contribution in [2.45, 2.75) is 13.0 Å². The third-order valence-electron chi connectivity index (χ3n) is 2.84. The Hall–Kier alpha value is -1.66. The topological polar surface area (TPSA) is 66.9 Å². The molecule has 0 saturated carbocycles. The van der Waals surface area contributed by atoms with Crippen LogP contribution in [0.3, 0.4) is 0 Å². The van der Waals surface area contributed by atoms with Crippen molar-refractivity contribution in [2.24, 2.45) is 4.99 Å². The number of hydrogen-bond acceptors (Lipinski definition) is 6. The van der Waals surface area contributed by atoms with Crippen LogP contribution < -0.4 is 25.6 Å². The van der Waals surface area contributed by atoms with Crippen LogP contribution in [-0.4, -0.2) is 33.3 Å². The van der Waals surface area contributed by atoms with Crippen LogP contribution in [0, 0.1) is 0 Å². The number of nitrogens with one attached hydrogen (secondary N) is 3. The van der Waals surface area contributed by atoms with E-state index in [0.29, 0.717) is 6.54 Å². The van der Waals surface area contributed by atoms with Gasteiger partial charge in [0.05, 0.1) is 14.2 Å². The monoisotopic (exact) mass is 300 g/mol. The molecule has 0 spiro atoms. The van der Waals surface area contributed by atoms with Crippen LogP contribution in [0.4, 0.5) is 0 Å². The summed E-state index contributed by atoms with van der Waals surface area (Å²) in [5.74, 6) is 2.26.